The number of aromatic amines is 1. The van der Waals surface area contributed by atoms with Crippen LogP contribution in [0, 0.1) is 6.92 Å². The van der Waals surface area contributed by atoms with Crippen LogP contribution in [0.3, 0.4) is 0 Å². The number of aromatic nitrogens is 4. The SMILES string of the molecule is CCOC(=O)c1sc2nc(C(C)OC(=O)c3cnccn3)[nH]c(=O)c2c1C. The summed E-state index contributed by atoms with van der Waals surface area (Å²) in [6.07, 6.45) is 3.26. The van der Waals surface area contributed by atoms with E-state index in [9.17, 15) is 14.4 Å². The summed E-state index contributed by atoms with van der Waals surface area (Å²) in [6, 6.07) is 0. The maximum absolute atomic E-state index is 12.5. The lowest BCUT2D eigenvalue weighted by Gasteiger charge is -2.11. The van der Waals surface area contributed by atoms with E-state index in [0.29, 0.717) is 20.7 Å². The standard InChI is InChI=1S/C17H16N4O5S/c1-4-25-17(24)12-8(2)11-14(22)20-13(21-15(11)27-12)9(3)26-16(23)10-7-18-5-6-19-10/h5-7,9H,4H2,1-3H3,(H,20,21,22). The first-order valence-corrected chi connectivity index (χ1v) is 8.91. The van der Waals surface area contributed by atoms with Crippen molar-refractivity contribution in [1.82, 2.24) is 19.9 Å². The van der Waals surface area contributed by atoms with Crippen LogP contribution in [0.1, 0.15) is 51.5 Å². The highest BCUT2D eigenvalue weighted by Crippen LogP contribution is 2.28. The molecule has 0 aliphatic carbocycles. The first-order chi connectivity index (χ1) is 12.9. The molecule has 1 atom stereocenters. The van der Waals surface area contributed by atoms with Crippen LogP contribution in [0.25, 0.3) is 10.2 Å². The lowest BCUT2D eigenvalue weighted by molar-refractivity contribution is 0.0312. The molecule has 3 rings (SSSR count). The molecule has 1 unspecified atom stereocenters. The highest BCUT2D eigenvalue weighted by molar-refractivity contribution is 7.20. The van der Waals surface area contributed by atoms with E-state index in [1.54, 1.807) is 20.8 Å². The van der Waals surface area contributed by atoms with Gasteiger partial charge in [-0.15, -0.1) is 11.3 Å². The number of thiophene rings is 1. The number of nitrogens with zero attached hydrogens (tertiary/aromatic N) is 3. The zero-order chi connectivity index (χ0) is 19.6. The number of hydrogen-bond acceptors (Lipinski definition) is 9. The van der Waals surface area contributed by atoms with Crippen LogP contribution in [0.2, 0.25) is 0 Å². The molecule has 0 bridgehead atoms. The average molecular weight is 388 g/mol. The van der Waals surface area contributed by atoms with Gasteiger partial charge in [0.2, 0.25) is 0 Å². The summed E-state index contributed by atoms with van der Waals surface area (Å²) in [5.41, 5.74) is 0.143. The minimum atomic E-state index is -0.829. The van der Waals surface area contributed by atoms with Gasteiger partial charge in [-0.25, -0.2) is 19.6 Å². The molecule has 27 heavy (non-hydrogen) atoms. The molecular weight excluding hydrogens is 372 g/mol. The summed E-state index contributed by atoms with van der Waals surface area (Å²) in [6.45, 7) is 5.18. The maximum Gasteiger partial charge on any atom is 0.359 e. The lowest BCUT2D eigenvalue weighted by atomic mass is 10.2. The third-order valence-corrected chi connectivity index (χ3v) is 4.89. The van der Waals surface area contributed by atoms with Crippen molar-refractivity contribution in [2.24, 2.45) is 0 Å². The van der Waals surface area contributed by atoms with Gasteiger partial charge in [0, 0.05) is 12.4 Å². The van der Waals surface area contributed by atoms with E-state index >= 15 is 0 Å². The molecule has 0 radical (unpaired) electrons. The van der Waals surface area contributed by atoms with Crippen molar-refractivity contribution in [2.75, 3.05) is 6.61 Å². The fourth-order valence-corrected chi connectivity index (χ4v) is 3.51. The number of fused-ring (bicyclic) bond motifs is 1. The predicted octanol–water partition coefficient (Wildman–Crippen LogP) is 2.18. The second-order valence-electron chi connectivity index (χ2n) is 5.55. The lowest BCUT2D eigenvalue weighted by Crippen LogP contribution is -2.17. The Bertz CT molecular complexity index is 1060. The van der Waals surface area contributed by atoms with Crippen molar-refractivity contribution < 1.29 is 19.1 Å². The molecule has 0 aliphatic heterocycles. The minimum absolute atomic E-state index is 0.0457. The first kappa shape index (κ1) is 18.6. The summed E-state index contributed by atoms with van der Waals surface area (Å²) in [5.74, 6) is -1.02. The largest absolute Gasteiger partial charge is 0.462 e. The molecule has 0 spiro atoms. The molecule has 3 aromatic heterocycles. The Morgan fingerprint density at radius 2 is 2.07 bits per heavy atom. The number of carbonyl (C=O) groups is 2. The molecular formula is C17H16N4O5S. The quantitative estimate of drug-likeness (QED) is 0.660. The smallest absolute Gasteiger partial charge is 0.359 e. The molecule has 0 aliphatic rings. The number of H-pyrrole nitrogens is 1. The Morgan fingerprint density at radius 1 is 1.30 bits per heavy atom. The van der Waals surface area contributed by atoms with Gasteiger partial charge in [0.15, 0.2) is 17.6 Å². The molecule has 140 valence electrons. The number of ether oxygens (including phenoxy) is 2. The normalized spacial score (nSPS) is 12.0. The highest BCUT2D eigenvalue weighted by Gasteiger charge is 2.23. The van der Waals surface area contributed by atoms with E-state index in [0.717, 1.165) is 11.3 Å². The number of nitrogens with one attached hydrogen (secondary N) is 1. The second-order valence-corrected chi connectivity index (χ2v) is 6.55. The molecule has 1 N–H and O–H groups in total. The Balaban J connectivity index is 1.92. The molecule has 0 aromatic carbocycles. The number of hydrogen-bond donors (Lipinski definition) is 1. The van der Waals surface area contributed by atoms with Gasteiger partial charge in [-0.05, 0) is 26.3 Å². The monoisotopic (exact) mass is 388 g/mol. The van der Waals surface area contributed by atoms with Crippen molar-refractivity contribution in [2.45, 2.75) is 26.9 Å². The fourth-order valence-electron chi connectivity index (χ4n) is 2.43. The van der Waals surface area contributed by atoms with Crippen LogP contribution in [-0.2, 0) is 9.47 Å². The molecule has 3 heterocycles. The van der Waals surface area contributed by atoms with E-state index in [1.165, 1.54) is 18.6 Å². The van der Waals surface area contributed by atoms with Crippen molar-refractivity contribution in [1.29, 1.82) is 0 Å². The van der Waals surface area contributed by atoms with Gasteiger partial charge in [-0.1, -0.05) is 0 Å². The van der Waals surface area contributed by atoms with Gasteiger partial charge in [0.05, 0.1) is 18.2 Å². The fraction of sp³-hybridized carbons (Fsp3) is 0.294. The molecule has 0 fully saturated rings. The topological polar surface area (TPSA) is 124 Å². The zero-order valence-electron chi connectivity index (χ0n) is 14.8. The summed E-state index contributed by atoms with van der Waals surface area (Å²) in [4.78, 5) is 51.9. The molecule has 0 amide bonds. The highest BCUT2D eigenvalue weighted by atomic mass is 32.1. The van der Waals surface area contributed by atoms with Crippen molar-refractivity contribution >= 4 is 33.5 Å². The molecule has 10 heteroatoms. The third-order valence-electron chi connectivity index (χ3n) is 3.72. The number of carbonyl (C=O) groups excluding carboxylic acids is 2. The minimum Gasteiger partial charge on any atom is -0.462 e. The summed E-state index contributed by atoms with van der Waals surface area (Å²) in [5, 5.41) is 0.319. The van der Waals surface area contributed by atoms with Crippen LogP contribution >= 0.6 is 11.3 Å². The third kappa shape index (κ3) is 3.70. The van der Waals surface area contributed by atoms with Crippen LogP contribution < -0.4 is 5.56 Å². The van der Waals surface area contributed by atoms with Crippen LogP contribution in [0.4, 0.5) is 0 Å². The second kappa shape index (κ2) is 7.62. The van der Waals surface area contributed by atoms with Crippen molar-refractivity contribution in [3.63, 3.8) is 0 Å². The summed E-state index contributed by atoms with van der Waals surface area (Å²) < 4.78 is 10.3. The molecule has 0 saturated heterocycles. The van der Waals surface area contributed by atoms with E-state index in [2.05, 4.69) is 19.9 Å². The van der Waals surface area contributed by atoms with Crippen molar-refractivity contribution in [3.05, 3.63) is 50.9 Å². The van der Waals surface area contributed by atoms with E-state index < -0.39 is 23.6 Å². The van der Waals surface area contributed by atoms with E-state index in [1.807, 2.05) is 0 Å². The Kier molecular flexibility index (Phi) is 5.26. The molecule has 3 aromatic rings. The molecule has 9 nitrogen and oxygen atoms in total. The Morgan fingerprint density at radius 3 is 2.74 bits per heavy atom. The Labute approximate surface area is 157 Å². The van der Waals surface area contributed by atoms with Gasteiger partial charge >= 0.3 is 11.9 Å². The van der Waals surface area contributed by atoms with Gasteiger partial charge in [-0.3, -0.25) is 9.78 Å². The number of aryl methyl sites for hydroxylation is 1. The van der Waals surface area contributed by atoms with Gasteiger partial charge < -0.3 is 14.5 Å². The number of rotatable bonds is 5. The van der Waals surface area contributed by atoms with Crippen LogP contribution in [-0.4, -0.2) is 38.5 Å². The average Bonchev–Trinajstić information content (AvgIpc) is 2.99. The summed E-state index contributed by atoms with van der Waals surface area (Å²) in [7, 11) is 0. The van der Waals surface area contributed by atoms with E-state index in [-0.39, 0.29) is 18.1 Å². The van der Waals surface area contributed by atoms with Gasteiger partial charge in [0.25, 0.3) is 5.56 Å². The first-order valence-electron chi connectivity index (χ1n) is 8.09. The van der Waals surface area contributed by atoms with E-state index in [4.69, 9.17) is 9.47 Å². The van der Waals surface area contributed by atoms with Gasteiger partial charge in [-0.2, -0.15) is 0 Å². The predicted molar refractivity (Wildman–Crippen MR) is 96.8 cm³/mol. The molecule has 0 saturated carbocycles. The van der Waals surface area contributed by atoms with Crippen LogP contribution in [0.5, 0.6) is 0 Å². The van der Waals surface area contributed by atoms with Gasteiger partial charge in [0.1, 0.15) is 9.71 Å². The maximum atomic E-state index is 12.5. The number of esters is 2. The zero-order valence-corrected chi connectivity index (χ0v) is 15.6. The van der Waals surface area contributed by atoms with Crippen LogP contribution in [0.15, 0.2) is 23.4 Å². The Hall–Kier alpha value is -3.14. The van der Waals surface area contributed by atoms with Crippen molar-refractivity contribution in [3.8, 4) is 0 Å². The summed E-state index contributed by atoms with van der Waals surface area (Å²) >= 11 is 1.06.